The second-order valence-electron chi connectivity index (χ2n) is 7.46. The lowest BCUT2D eigenvalue weighted by Gasteiger charge is -2.36. The third kappa shape index (κ3) is 3.50. The van der Waals surface area contributed by atoms with E-state index >= 15 is 0 Å². The summed E-state index contributed by atoms with van der Waals surface area (Å²) in [7, 11) is 0. The summed E-state index contributed by atoms with van der Waals surface area (Å²) in [4.78, 5) is 23.2. The number of aliphatic imine (C=N–C) groups is 1. The van der Waals surface area contributed by atoms with Gasteiger partial charge < -0.3 is 10.3 Å². The van der Waals surface area contributed by atoms with Gasteiger partial charge in [0.15, 0.2) is 11.5 Å². The van der Waals surface area contributed by atoms with Crippen molar-refractivity contribution in [3.63, 3.8) is 0 Å². The van der Waals surface area contributed by atoms with Crippen molar-refractivity contribution < 1.29 is 0 Å². The number of aromatic nitrogens is 4. The summed E-state index contributed by atoms with van der Waals surface area (Å²) >= 11 is 6.65. The third-order valence-corrected chi connectivity index (χ3v) is 5.64. The van der Waals surface area contributed by atoms with Gasteiger partial charge in [-0.15, -0.1) is 0 Å². The molecule has 0 aliphatic carbocycles. The first kappa shape index (κ1) is 20.2. The number of anilines is 2. The molecule has 2 aromatic carbocycles. The van der Waals surface area contributed by atoms with Crippen LogP contribution in [0.1, 0.15) is 25.8 Å². The Labute approximate surface area is 190 Å². The first-order chi connectivity index (χ1) is 15.7. The van der Waals surface area contributed by atoms with Gasteiger partial charge in [-0.05, 0) is 37.6 Å². The Morgan fingerprint density at radius 2 is 1.94 bits per heavy atom. The van der Waals surface area contributed by atoms with Crippen molar-refractivity contribution in [2.75, 3.05) is 10.2 Å². The number of halogens is 1. The maximum Gasteiger partial charge on any atom is 0.182 e. The van der Waals surface area contributed by atoms with Gasteiger partial charge in [-0.3, -0.25) is 4.90 Å². The number of rotatable bonds is 5. The predicted octanol–water partition coefficient (Wildman–Crippen LogP) is 5.81. The molecule has 2 aromatic heterocycles. The zero-order valence-corrected chi connectivity index (χ0v) is 18.5. The Bertz CT molecular complexity index is 1330. The van der Waals surface area contributed by atoms with Crippen LogP contribution in [0.2, 0.25) is 5.02 Å². The lowest BCUT2D eigenvalue weighted by atomic mass is 10.0. The van der Waals surface area contributed by atoms with Gasteiger partial charge in [-0.2, -0.15) is 0 Å². The minimum absolute atomic E-state index is 0.177. The van der Waals surface area contributed by atoms with E-state index in [-0.39, 0.29) is 6.04 Å². The minimum Gasteiger partial charge on any atom is -0.358 e. The number of benzene rings is 2. The van der Waals surface area contributed by atoms with Crippen LogP contribution in [-0.4, -0.2) is 31.8 Å². The zero-order chi connectivity index (χ0) is 22.1. The normalized spacial score (nSPS) is 15.5. The summed E-state index contributed by atoms with van der Waals surface area (Å²) in [5.74, 6) is 1.52. The Morgan fingerprint density at radius 1 is 1.09 bits per heavy atom. The third-order valence-electron chi connectivity index (χ3n) is 5.33. The standard InChI is InChI=1S/C24H22ClN7/c1-3-8-19-20-17(25)11-7-12-18(20)31-24(32(19)16-9-5-4-6-10-16)15(2)30-23-21-22(27-13-26-21)28-14-29-23/h4-15H,3H2,1-2H3,(H2,26,27,28,29,30). The summed E-state index contributed by atoms with van der Waals surface area (Å²) < 4.78 is 0. The predicted molar refractivity (Wildman–Crippen MR) is 131 cm³/mol. The summed E-state index contributed by atoms with van der Waals surface area (Å²) in [5.41, 5.74) is 5.20. The number of aromatic amines is 1. The second-order valence-corrected chi connectivity index (χ2v) is 7.87. The van der Waals surface area contributed by atoms with Crippen LogP contribution in [0.4, 0.5) is 17.2 Å². The summed E-state index contributed by atoms with van der Waals surface area (Å²) in [6, 6.07) is 15.9. The molecule has 0 spiro atoms. The summed E-state index contributed by atoms with van der Waals surface area (Å²) in [6.45, 7) is 4.19. The van der Waals surface area contributed by atoms with Crippen molar-refractivity contribution in [2.45, 2.75) is 26.3 Å². The number of amidine groups is 1. The molecule has 0 saturated heterocycles. The number of fused-ring (bicyclic) bond motifs is 2. The van der Waals surface area contributed by atoms with Crippen LogP contribution >= 0.6 is 11.6 Å². The number of para-hydroxylation sites is 1. The van der Waals surface area contributed by atoms with E-state index in [0.717, 1.165) is 40.4 Å². The van der Waals surface area contributed by atoms with Crippen molar-refractivity contribution in [2.24, 2.45) is 4.99 Å². The molecule has 4 aromatic rings. The van der Waals surface area contributed by atoms with Gasteiger partial charge in [0, 0.05) is 11.3 Å². The molecule has 5 rings (SSSR count). The van der Waals surface area contributed by atoms with E-state index in [1.165, 1.54) is 6.33 Å². The van der Waals surface area contributed by atoms with Crippen molar-refractivity contribution in [3.8, 4) is 0 Å². The second kappa shape index (κ2) is 8.43. The van der Waals surface area contributed by atoms with E-state index in [0.29, 0.717) is 16.5 Å². The van der Waals surface area contributed by atoms with Crippen LogP contribution in [0.5, 0.6) is 0 Å². The molecule has 2 N–H and O–H groups in total. The van der Waals surface area contributed by atoms with E-state index in [4.69, 9.17) is 16.6 Å². The molecule has 1 unspecified atom stereocenters. The number of imidazole rings is 1. The molecule has 1 aliphatic heterocycles. The maximum absolute atomic E-state index is 6.65. The number of H-pyrrole nitrogens is 1. The Morgan fingerprint density at radius 3 is 2.75 bits per heavy atom. The molecule has 32 heavy (non-hydrogen) atoms. The monoisotopic (exact) mass is 443 g/mol. The minimum atomic E-state index is -0.177. The number of allylic oxidation sites excluding steroid dienone is 1. The van der Waals surface area contributed by atoms with Gasteiger partial charge in [0.25, 0.3) is 0 Å². The van der Waals surface area contributed by atoms with Crippen LogP contribution in [0, 0.1) is 0 Å². The quantitative estimate of drug-likeness (QED) is 0.407. The molecule has 7 nitrogen and oxygen atoms in total. The average molecular weight is 444 g/mol. The Hall–Kier alpha value is -3.71. The molecule has 0 bridgehead atoms. The Balaban J connectivity index is 1.65. The maximum atomic E-state index is 6.65. The highest BCUT2D eigenvalue weighted by molar-refractivity contribution is 6.34. The average Bonchev–Trinajstić information content (AvgIpc) is 3.29. The van der Waals surface area contributed by atoms with E-state index in [2.05, 4.69) is 62.2 Å². The molecule has 8 heteroatoms. The Kier molecular flexibility index (Phi) is 5.33. The topological polar surface area (TPSA) is 82.1 Å². The van der Waals surface area contributed by atoms with Crippen LogP contribution in [0.25, 0.3) is 16.9 Å². The van der Waals surface area contributed by atoms with Gasteiger partial charge in [0.05, 0.1) is 28.8 Å². The zero-order valence-electron chi connectivity index (χ0n) is 17.7. The highest BCUT2D eigenvalue weighted by atomic mass is 35.5. The summed E-state index contributed by atoms with van der Waals surface area (Å²) in [5, 5.41) is 4.18. The first-order valence-electron chi connectivity index (χ1n) is 10.5. The molecule has 1 atom stereocenters. The molecule has 0 amide bonds. The molecule has 0 saturated carbocycles. The lowest BCUT2D eigenvalue weighted by molar-refractivity contribution is 0.990. The number of nitrogens with zero attached hydrogens (tertiary/aromatic N) is 5. The highest BCUT2D eigenvalue weighted by Gasteiger charge is 2.31. The first-order valence-corrected chi connectivity index (χ1v) is 10.9. The molecule has 0 fully saturated rings. The van der Waals surface area contributed by atoms with E-state index in [9.17, 15) is 0 Å². The van der Waals surface area contributed by atoms with E-state index in [1.54, 1.807) is 6.33 Å². The molecule has 3 heterocycles. The SMILES string of the molecule is CCC=C1c2c(Cl)cccc2N=C(C(C)Nc2ncnc3nc[nH]c23)N1c1ccccc1. The fraction of sp³-hybridized carbons (Fsp3) is 0.167. The van der Waals surface area contributed by atoms with Crippen molar-refractivity contribution in [3.05, 3.63) is 77.8 Å². The highest BCUT2D eigenvalue weighted by Crippen LogP contribution is 2.42. The van der Waals surface area contributed by atoms with Gasteiger partial charge in [0.1, 0.15) is 17.7 Å². The molecular formula is C24H22ClN7. The van der Waals surface area contributed by atoms with Crippen LogP contribution < -0.4 is 10.2 Å². The van der Waals surface area contributed by atoms with Gasteiger partial charge in [-0.1, -0.05) is 48.9 Å². The fourth-order valence-corrected chi connectivity index (χ4v) is 4.20. The van der Waals surface area contributed by atoms with Gasteiger partial charge in [0.2, 0.25) is 0 Å². The van der Waals surface area contributed by atoms with Crippen LogP contribution in [0.15, 0.2) is 72.3 Å². The van der Waals surface area contributed by atoms with Crippen molar-refractivity contribution >= 4 is 51.5 Å². The molecule has 0 radical (unpaired) electrons. The fourth-order valence-electron chi connectivity index (χ4n) is 3.94. The number of hydrogen-bond acceptors (Lipinski definition) is 6. The van der Waals surface area contributed by atoms with Crippen molar-refractivity contribution in [1.82, 2.24) is 19.9 Å². The van der Waals surface area contributed by atoms with E-state index in [1.807, 2.05) is 36.4 Å². The largest absolute Gasteiger partial charge is 0.358 e. The van der Waals surface area contributed by atoms with Gasteiger partial charge in [-0.25, -0.2) is 19.9 Å². The number of nitrogens with one attached hydrogen (secondary N) is 2. The van der Waals surface area contributed by atoms with Crippen LogP contribution in [0.3, 0.4) is 0 Å². The molecule has 1 aliphatic rings. The molecule has 160 valence electrons. The van der Waals surface area contributed by atoms with E-state index < -0.39 is 0 Å². The number of hydrogen-bond donors (Lipinski definition) is 2. The molecular weight excluding hydrogens is 422 g/mol. The van der Waals surface area contributed by atoms with Crippen molar-refractivity contribution in [1.29, 1.82) is 0 Å². The summed E-state index contributed by atoms with van der Waals surface area (Å²) in [6.07, 6.45) is 6.17. The smallest absolute Gasteiger partial charge is 0.182 e. The van der Waals surface area contributed by atoms with Crippen LogP contribution in [-0.2, 0) is 0 Å². The van der Waals surface area contributed by atoms with Gasteiger partial charge >= 0.3 is 0 Å². The lowest BCUT2D eigenvalue weighted by Crippen LogP contribution is -2.42.